The third-order valence-corrected chi connectivity index (χ3v) is 4.81. The Morgan fingerprint density at radius 3 is 2.61 bits per heavy atom. The Labute approximate surface area is 137 Å². The molecule has 0 atom stereocenters. The van der Waals surface area contributed by atoms with Crippen molar-refractivity contribution in [2.24, 2.45) is 0 Å². The van der Waals surface area contributed by atoms with Crippen LogP contribution >= 0.6 is 11.3 Å². The second-order valence-corrected chi connectivity index (χ2v) is 6.32. The molecule has 4 aromatic rings. The Kier molecular flexibility index (Phi) is 3.55. The van der Waals surface area contributed by atoms with E-state index in [-0.39, 0.29) is 0 Å². The van der Waals surface area contributed by atoms with E-state index >= 15 is 0 Å². The van der Waals surface area contributed by atoms with E-state index in [1.165, 1.54) is 4.88 Å². The Bertz CT molecular complexity index is 910. The topological polar surface area (TPSA) is 51.0 Å². The first-order valence-electron chi connectivity index (χ1n) is 7.41. The van der Waals surface area contributed by atoms with Gasteiger partial charge < -0.3 is 9.73 Å². The van der Waals surface area contributed by atoms with Gasteiger partial charge in [-0.2, -0.15) is 4.98 Å². The molecule has 0 saturated heterocycles. The van der Waals surface area contributed by atoms with E-state index in [0.717, 1.165) is 27.4 Å². The summed E-state index contributed by atoms with van der Waals surface area (Å²) in [5, 5.41) is 4.29. The Morgan fingerprint density at radius 1 is 1.00 bits per heavy atom. The maximum Gasteiger partial charge on any atom is 0.295 e. The number of hydrogen-bond donors (Lipinski definition) is 1. The van der Waals surface area contributed by atoms with Crippen LogP contribution in [0.25, 0.3) is 21.7 Å². The summed E-state index contributed by atoms with van der Waals surface area (Å²) < 4.78 is 5.68. The van der Waals surface area contributed by atoms with Crippen LogP contribution in [0.1, 0.15) is 10.6 Å². The number of oxazole rings is 1. The van der Waals surface area contributed by atoms with Gasteiger partial charge in [-0.15, -0.1) is 11.3 Å². The number of anilines is 1. The number of thiazole rings is 1. The summed E-state index contributed by atoms with van der Waals surface area (Å²) in [6.07, 6.45) is 0. The van der Waals surface area contributed by atoms with Crippen LogP contribution in [0.15, 0.2) is 59.0 Å². The summed E-state index contributed by atoms with van der Waals surface area (Å²) >= 11 is 1.70. The maximum absolute atomic E-state index is 5.68. The highest BCUT2D eigenvalue weighted by atomic mass is 32.1. The standard InChI is InChI=1S/C18H15N3OS/c1-12-16(23-17(20-12)13-7-3-2-4-8-13)11-19-18-21-14-9-5-6-10-15(14)22-18/h2-10H,11H2,1H3,(H,19,21). The number of hydrogen-bond acceptors (Lipinski definition) is 5. The molecule has 0 bridgehead atoms. The number of fused-ring (bicyclic) bond motifs is 1. The van der Waals surface area contributed by atoms with Crippen LogP contribution in [0.3, 0.4) is 0 Å². The Morgan fingerprint density at radius 2 is 1.78 bits per heavy atom. The van der Waals surface area contributed by atoms with Crippen molar-refractivity contribution in [1.29, 1.82) is 0 Å². The van der Waals surface area contributed by atoms with E-state index in [2.05, 4.69) is 27.4 Å². The van der Waals surface area contributed by atoms with E-state index in [9.17, 15) is 0 Å². The predicted molar refractivity (Wildman–Crippen MR) is 93.6 cm³/mol. The quantitative estimate of drug-likeness (QED) is 0.582. The third kappa shape index (κ3) is 2.83. The van der Waals surface area contributed by atoms with Gasteiger partial charge in [0.05, 0.1) is 12.2 Å². The van der Waals surface area contributed by atoms with E-state index in [0.29, 0.717) is 12.6 Å². The van der Waals surface area contributed by atoms with Gasteiger partial charge in [-0.05, 0) is 19.1 Å². The highest BCUT2D eigenvalue weighted by Gasteiger charge is 2.10. The molecule has 5 heteroatoms. The molecular formula is C18H15N3OS. The number of benzene rings is 2. The van der Waals surface area contributed by atoms with Gasteiger partial charge in [0.15, 0.2) is 5.58 Å². The average molecular weight is 321 g/mol. The van der Waals surface area contributed by atoms with Gasteiger partial charge in [0.1, 0.15) is 10.5 Å². The molecule has 0 aliphatic rings. The largest absolute Gasteiger partial charge is 0.424 e. The molecule has 2 aromatic heterocycles. The summed E-state index contributed by atoms with van der Waals surface area (Å²) in [6.45, 7) is 2.69. The monoisotopic (exact) mass is 321 g/mol. The van der Waals surface area contributed by atoms with E-state index in [1.54, 1.807) is 11.3 Å². The highest BCUT2D eigenvalue weighted by Crippen LogP contribution is 2.28. The molecule has 0 radical (unpaired) electrons. The minimum Gasteiger partial charge on any atom is -0.424 e. The lowest BCUT2D eigenvalue weighted by atomic mass is 10.2. The van der Waals surface area contributed by atoms with Gasteiger partial charge in [0.25, 0.3) is 6.01 Å². The van der Waals surface area contributed by atoms with Gasteiger partial charge >= 0.3 is 0 Å². The zero-order valence-corrected chi connectivity index (χ0v) is 13.4. The van der Waals surface area contributed by atoms with Crippen LogP contribution in [0.2, 0.25) is 0 Å². The van der Waals surface area contributed by atoms with Crippen LogP contribution in [-0.4, -0.2) is 9.97 Å². The molecule has 0 spiro atoms. The van der Waals surface area contributed by atoms with Crippen LogP contribution < -0.4 is 5.32 Å². The van der Waals surface area contributed by atoms with Crippen molar-refractivity contribution in [2.45, 2.75) is 13.5 Å². The summed E-state index contributed by atoms with van der Waals surface area (Å²) in [4.78, 5) is 10.3. The molecule has 2 aromatic carbocycles. The Hall–Kier alpha value is -2.66. The van der Waals surface area contributed by atoms with Crippen molar-refractivity contribution >= 4 is 28.5 Å². The lowest BCUT2D eigenvalue weighted by molar-refractivity contribution is 0.614. The summed E-state index contributed by atoms with van der Waals surface area (Å²) in [5.74, 6) is 0. The molecule has 0 amide bonds. The normalized spacial score (nSPS) is 11.0. The fourth-order valence-electron chi connectivity index (χ4n) is 2.40. The average Bonchev–Trinajstić information content (AvgIpc) is 3.16. The second-order valence-electron chi connectivity index (χ2n) is 5.23. The van der Waals surface area contributed by atoms with Crippen LogP contribution in [0.5, 0.6) is 0 Å². The number of rotatable bonds is 4. The minimum absolute atomic E-state index is 0.542. The highest BCUT2D eigenvalue weighted by molar-refractivity contribution is 7.15. The van der Waals surface area contributed by atoms with E-state index in [4.69, 9.17) is 4.42 Å². The summed E-state index contributed by atoms with van der Waals surface area (Å²) in [7, 11) is 0. The zero-order chi connectivity index (χ0) is 15.6. The first-order chi connectivity index (χ1) is 11.3. The fourth-order valence-corrected chi connectivity index (χ4v) is 3.41. The first-order valence-corrected chi connectivity index (χ1v) is 8.22. The SMILES string of the molecule is Cc1nc(-c2ccccc2)sc1CNc1nc2ccccc2o1. The zero-order valence-electron chi connectivity index (χ0n) is 12.6. The summed E-state index contributed by atoms with van der Waals surface area (Å²) in [5.41, 5.74) is 3.84. The van der Waals surface area contributed by atoms with Gasteiger partial charge in [0.2, 0.25) is 0 Å². The molecule has 4 rings (SSSR count). The van der Waals surface area contributed by atoms with Gasteiger partial charge in [-0.25, -0.2) is 4.98 Å². The van der Waals surface area contributed by atoms with Crippen molar-refractivity contribution in [2.75, 3.05) is 5.32 Å². The molecular weight excluding hydrogens is 306 g/mol. The lowest BCUT2D eigenvalue weighted by Crippen LogP contribution is -1.98. The van der Waals surface area contributed by atoms with Gasteiger partial charge in [-0.1, -0.05) is 42.5 Å². The maximum atomic E-state index is 5.68. The molecule has 0 fully saturated rings. The van der Waals surface area contributed by atoms with Crippen molar-refractivity contribution in [3.05, 3.63) is 65.2 Å². The molecule has 4 nitrogen and oxygen atoms in total. The number of para-hydroxylation sites is 2. The molecule has 0 saturated carbocycles. The van der Waals surface area contributed by atoms with Gasteiger partial charge in [-0.3, -0.25) is 0 Å². The van der Waals surface area contributed by atoms with Crippen molar-refractivity contribution in [1.82, 2.24) is 9.97 Å². The van der Waals surface area contributed by atoms with Crippen molar-refractivity contribution in [3.63, 3.8) is 0 Å². The molecule has 114 valence electrons. The van der Waals surface area contributed by atoms with Gasteiger partial charge in [0, 0.05) is 10.4 Å². The molecule has 0 aliphatic heterocycles. The molecule has 0 unspecified atom stereocenters. The summed E-state index contributed by atoms with van der Waals surface area (Å²) in [6, 6.07) is 18.5. The molecule has 1 N–H and O–H groups in total. The number of nitrogens with one attached hydrogen (secondary N) is 1. The smallest absolute Gasteiger partial charge is 0.295 e. The Balaban J connectivity index is 1.54. The van der Waals surface area contributed by atoms with Crippen LogP contribution in [-0.2, 0) is 6.54 Å². The van der Waals surface area contributed by atoms with E-state index < -0.39 is 0 Å². The van der Waals surface area contributed by atoms with Crippen LogP contribution in [0.4, 0.5) is 6.01 Å². The molecule has 23 heavy (non-hydrogen) atoms. The van der Waals surface area contributed by atoms with Crippen molar-refractivity contribution < 1.29 is 4.42 Å². The number of aromatic nitrogens is 2. The van der Waals surface area contributed by atoms with Crippen molar-refractivity contribution in [3.8, 4) is 10.6 Å². The number of aryl methyl sites for hydroxylation is 1. The first kappa shape index (κ1) is 14.0. The van der Waals surface area contributed by atoms with E-state index in [1.807, 2.05) is 49.4 Å². The number of nitrogens with zero attached hydrogens (tertiary/aromatic N) is 2. The fraction of sp³-hybridized carbons (Fsp3) is 0.111. The van der Waals surface area contributed by atoms with Crippen LogP contribution in [0, 0.1) is 6.92 Å². The minimum atomic E-state index is 0.542. The third-order valence-electron chi connectivity index (χ3n) is 3.61. The lowest BCUT2D eigenvalue weighted by Gasteiger charge is -1.99. The second kappa shape index (κ2) is 5.85. The predicted octanol–water partition coefficient (Wildman–Crippen LogP) is 4.87. The molecule has 0 aliphatic carbocycles. The molecule has 2 heterocycles.